The second-order valence-electron chi connectivity index (χ2n) is 3.92. The molecular weight excluding hydrogens is 222 g/mol. The van der Waals surface area contributed by atoms with Gasteiger partial charge in [0.1, 0.15) is 6.20 Å². The zero-order valence-corrected chi connectivity index (χ0v) is 10.4. The smallest absolute Gasteiger partial charge is 0.366 e. The first-order valence-corrected chi connectivity index (χ1v) is 5.75. The van der Waals surface area contributed by atoms with Crippen molar-refractivity contribution in [2.75, 3.05) is 25.0 Å². The molecule has 1 aromatic rings. The molecule has 0 aromatic carbocycles. The van der Waals surface area contributed by atoms with Gasteiger partial charge in [-0.05, 0) is 24.9 Å². The molecule has 0 bridgehead atoms. The van der Waals surface area contributed by atoms with Gasteiger partial charge in [0, 0.05) is 12.6 Å². The van der Waals surface area contributed by atoms with Crippen molar-refractivity contribution in [2.45, 2.75) is 26.8 Å². The van der Waals surface area contributed by atoms with Crippen molar-refractivity contribution in [1.29, 1.82) is 0 Å². The Balaban J connectivity index is 2.58. The van der Waals surface area contributed by atoms with Gasteiger partial charge in [-0.25, -0.2) is 0 Å². The van der Waals surface area contributed by atoms with Crippen molar-refractivity contribution < 1.29 is 4.92 Å². The van der Waals surface area contributed by atoms with Gasteiger partial charge in [-0.1, -0.05) is 18.9 Å². The fraction of sp³-hybridized carbons (Fsp3) is 0.700. The summed E-state index contributed by atoms with van der Waals surface area (Å²) in [5.41, 5.74) is 0.439. The summed E-state index contributed by atoms with van der Waals surface area (Å²) >= 11 is 0. The lowest BCUT2D eigenvalue weighted by molar-refractivity contribution is -0.388. The van der Waals surface area contributed by atoms with Crippen LogP contribution in [-0.2, 0) is 0 Å². The molecule has 0 spiro atoms. The number of hydrogen-bond donors (Lipinski definition) is 2. The number of aromatic nitrogens is 2. The lowest BCUT2D eigenvalue weighted by Gasteiger charge is -2.23. The van der Waals surface area contributed by atoms with E-state index in [9.17, 15) is 10.1 Å². The van der Waals surface area contributed by atoms with Gasteiger partial charge in [0.2, 0.25) is 0 Å². The van der Waals surface area contributed by atoms with Crippen molar-refractivity contribution in [3.63, 3.8) is 0 Å². The molecule has 0 fully saturated rings. The zero-order chi connectivity index (χ0) is 12.8. The number of hydrogen-bond acceptors (Lipinski definition) is 5. The van der Waals surface area contributed by atoms with Crippen molar-refractivity contribution in [3.8, 4) is 0 Å². The second-order valence-corrected chi connectivity index (χ2v) is 3.92. The van der Waals surface area contributed by atoms with E-state index in [1.54, 1.807) is 0 Å². The van der Waals surface area contributed by atoms with E-state index < -0.39 is 4.92 Å². The van der Waals surface area contributed by atoms with Gasteiger partial charge in [0.05, 0.1) is 0 Å². The first kappa shape index (κ1) is 13.4. The summed E-state index contributed by atoms with van der Waals surface area (Å²) in [5.74, 6) is -0.0867. The molecule has 1 rings (SSSR count). The van der Waals surface area contributed by atoms with E-state index in [1.807, 2.05) is 6.92 Å². The maximum Gasteiger partial charge on any atom is 0.366 e. The van der Waals surface area contributed by atoms with Crippen LogP contribution < -0.4 is 5.32 Å². The molecule has 7 heteroatoms. The summed E-state index contributed by atoms with van der Waals surface area (Å²) in [7, 11) is 0. The third kappa shape index (κ3) is 3.70. The van der Waals surface area contributed by atoms with Gasteiger partial charge in [-0.15, -0.1) is 5.10 Å². The topological polar surface area (TPSA) is 87.1 Å². The van der Waals surface area contributed by atoms with Gasteiger partial charge in [0.15, 0.2) is 5.69 Å². The molecule has 1 unspecified atom stereocenters. The molecule has 1 aromatic heterocycles. The summed E-state index contributed by atoms with van der Waals surface area (Å²) in [4.78, 5) is 12.5. The molecule has 0 amide bonds. The molecule has 96 valence electrons. The van der Waals surface area contributed by atoms with Gasteiger partial charge in [0.25, 0.3) is 0 Å². The highest BCUT2D eigenvalue weighted by Gasteiger charge is 2.17. The Kier molecular flexibility index (Phi) is 4.89. The molecule has 1 atom stereocenters. The number of aromatic amines is 1. The van der Waals surface area contributed by atoms with Crippen molar-refractivity contribution in [2.24, 2.45) is 0 Å². The van der Waals surface area contributed by atoms with Crippen LogP contribution in [0, 0.1) is 10.1 Å². The Morgan fingerprint density at radius 1 is 1.59 bits per heavy atom. The number of rotatable bonds is 7. The number of likely N-dealkylation sites (N-methyl/N-ethyl adjacent to an activating group) is 1. The fourth-order valence-corrected chi connectivity index (χ4v) is 1.70. The minimum absolute atomic E-state index is 0.0867. The van der Waals surface area contributed by atoms with Crippen LogP contribution in [0.2, 0.25) is 0 Å². The van der Waals surface area contributed by atoms with Crippen LogP contribution in [0.4, 0.5) is 11.5 Å². The summed E-state index contributed by atoms with van der Waals surface area (Å²) < 4.78 is 0. The van der Waals surface area contributed by atoms with E-state index in [0.717, 1.165) is 19.6 Å². The van der Waals surface area contributed by atoms with Crippen LogP contribution in [0.1, 0.15) is 20.8 Å². The van der Waals surface area contributed by atoms with Gasteiger partial charge >= 0.3 is 5.82 Å². The average Bonchev–Trinajstić information content (AvgIpc) is 2.74. The lowest BCUT2D eigenvalue weighted by atomic mass is 10.3. The first-order chi connectivity index (χ1) is 8.08. The van der Waals surface area contributed by atoms with Gasteiger partial charge < -0.3 is 20.3 Å². The number of anilines is 1. The quantitative estimate of drug-likeness (QED) is 0.557. The molecule has 0 radical (unpaired) electrons. The van der Waals surface area contributed by atoms with Gasteiger partial charge in [-0.2, -0.15) is 0 Å². The Morgan fingerprint density at radius 2 is 2.24 bits per heavy atom. The fourth-order valence-electron chi connectivity index (χ4n) is 1.70. The minimum Gasteiger partial charge on any atom is -0.373 e. The summed E-state index contributed by atoms with van der Waals surface area (Å²) in [6.45, 7) is 8.96. The number of nitrogens with zero attached hydrogens (tertiary/aromatic N) is 3. The van der Waals surface area contributed by atoms with Crippen molar-refractivity contribution in [3.05, 3.63) is 16.3 Å². The van der Waals surface area contributed by atoms with Crippen LogP contribution in [0.5, 0.6) is 0 Å². The second kappa shape index (κ2) is 6.19. The molecule has 0 aliphatic carbocycles. The minimum atomic E-state index is -0.473. The van der Waals surface area contributed by atoms with Crippen LogP contribution >= 0.6 is 0 Å². The largest absolute Gasteiger partial charge is 0.373 e. The molecular formula is C10H19N5O2. The SMILES string of the molecule is CCN(CC)CC(C)Nc1cn[nH]c1[N+](=O)[O-]. The Labute approximate surface area is 100 Å². The molecule has 0 saturated carbocycles. The highest BCUT2D eigenvalue weighted by atomic mass is 16.6. The number of nitrogens with one attached hydrogen (secondary N) is 2. The number of nitro groups is 1. The van der Waals surface area contributed by atoms with Crippen molar-refractivity contribution in [1.82, 2.24) is 15.1 Å². The third-order valence-corrected chi connectivity index (χ3v) is 2.63. The normalized spacial score (nSPS) is 12.7. The average molecular weight is 241 g/mol. The molecule has 7 nitrogen and oxygen atoms in total. The highest BCUT2D eigenvalue weighted by molar-refractivity contribution is 5.55. The number of H-pyrrole nitrogens is 1. The van der Waals surface area contributed by atoms with Gasteiger partial charge in [-0.3, -0.25) is 0 Å². The van der Waals surface area contributed by atoms with E-state index in [4.69, 9.17) is 0 Å². The van der Waals surface area contributed by atoms with E-state index >= 15 is 0 Å². The first-order valence-electron chi connectivity index (χ1n) is 5.75. The highest BCUT2D eigenvalue weighted by Crippen LogP contribution is 2.20. The Morgan fingerprint density at radius 3 is 2.76 bits per heavy atom. The van der Waals surface area contributed by atoms with E-state index in [2.05, 4.69) is 34.3 Å². The molecule has 0 aliphatic rings. The molecule has 2 N–H and O–H groups in total. The lowest BCUT2D eigenvalue weighted by Crippen LogP contribution is -2.34. The zero-order valence-electron chi connectivity index (χ0n) is 10.4. The predicted molar refractivity (Wildman–Crippen MR) is 66.1 cm³/mol. The molecule has 0 aliphatic heterocycles. The Hall–Kier alpha value is -1.63. The molecule has 17 heavy (non-hydrogen) atoms. The predicted octanol–water partition coefficient (Wildman–Crippen LogP) is 1.46. The summed E-state index contributed by atoms with van der Waals surface area (Å²) in [6, 6.07) is 0.131. The van der Waals surface area contributed by atoms with Crippen LogP contribution in [0.3, 0.4) is 0 Å². The van der Waals surface area contributed by atoms with Crippen molar-refractivity contribution >= 4 is 11.5 Å². The summed E-state index contributed by atoms with van der Waals surface area (Å²) in [6.07, 6.45) is 1.44. The standard InChI is InChI=1S/C10H19N5O2/c1-4-14(5-2)7-8(3)12-9-6-11-13-10(9)15(16)17/h6,8,12H,4-5,7H2,1-3H3,(H,11,13). The summed E-state index contributed by atoms with van der Waals surface area (Å²) in [5, 5.41) is 19.8. The van der Waals surface area contributed by atoms with E-state index in [0.29, 0.717) is 5.69 Å². The third-order valence-electron chi connectivity index (χ3n) is 2.63. The van der Waals surface area contributed by atoms with E-state index in [1.165, 1.54) is 6.20 Å². The van der Waals surface area contributed by atoms with Crippen LogP contribution in [0.15, 0.2) is 6.20 Å². The molecule has 1 heterocycles. The van der Waals surface area contributed by atoms with E-state index in [-0.39, 0.29) is 11.9 Å². The maximum atomic E-state index is 10.7. The van der Waals surface area contributed by atoms with Crippen LogP contribution in [0.25, 0.3) is 0 Å². The monoisotopic (exact) mass is 241 g/mol. The molecule has 0 saturated heterocycles. The van der Waals surface area contributed by atoms with Crippen LogP contribution in [-0.4, -0.2) is 45.7 Å². The maximum absolute atomic E-state index is 10.7. The Bertz CT molecular complexity index is 361.